The fourth-order valence-electron chi connectivity index (χ4n) is 2.50. The molecule has 0 amide bonds. The van der Waals surface area contributed by atoms with Gasteiger partial charge in [0.25, 0.3) is 0 Å². The molecule has 0 aliphatic rings. The van der Waals surface area contributed by atoms with Crippen LogP contribution in [0.4, 0.5) is 13.2 Å². The molecule has 25 heavy (non-hydrogen) atoms. The lowest BCUT2D eigenvalue weighted by molar-refractivity contribution is -0.142. The molecule has 1 N–H and O–H groups in total. The Morgan fingerprint density at radius 2 is 1.92 bits per heavy atom. The molecule has 0 atom stereocenters. The summed E-state index contributed by atoms with van der Waals surface area (Å²) in [7, 11) is 0. The van der Waals surface area contributed by atoms with Crippen LogP contribution < -0.4 is 0 Å². The first-order valence-corrected chi connectivity index (χ1v) is 7.45. The smallest absolute Gasteiger partial charge is 0.417 e. The maximum atomic E-state index is 13.2. The standard InChI is InChI=1S/C17H16F3NO4/c1-2-25-16(24)8-11-7-14(21(9-11)10-15(22)23)12-5-3-4-6-13(12)17(18,19)20/h3-7,9H,2,8,10H2,1H3,(H,22,23). The van der Waals surface area contributed by atoms with Crippen molar-refractivity contribution in [2.45, 2.75) is 26.1 Å². The van der Waals surface area contributed by atoms with Gasteiger partial charge in [-0.25, -0.2) is 0 Å². The summed E-state index contributed by atoms with van der Waals surface area (Å²) in [5, 5.41) is 9.01. The van der Waals surface area contributed by atoms with Crippen molar-refractivity contribution in [1.82, 2.24) is 4.57 Å². The summed E-state index contributed by atoms with van der Waals surface area (Å²) in [6.07, 6.45) is -3.38. The van der Waals surface area contributed by atoms with Crippen molar-refractivity contribution in [3.63, 3.8) is 0 Å². The number of esters is 1. The van der Waals surface area contributed by atoms with Crippen LogP contribution >= 0.6 is 0 Å². The molecule has 0 saturated heterocycles. The maximum Gasteiger partial charge on any atom is 0.417 e. The Labute approximate surface area is 141 Å². The zero-order valence-electron chi connectivity index (χ0n) is 13.3. The van der Waals surface area contributed by atoms with Gasteiger partial charge in [-0.2, -0.15) is 13.2 Å². The SMILES string of the molecule is CCOC(=O)Cc1cc(-c2ccccc2C(F)(F)F)n(CC(=O)O)c1. The maximum absolute atomic E-state index is 13.2. The average Bonchev–Trinajstić information content (AvgIpc) is 2.88. The Bertz CT molecular complexity index is 780. The van der Waals surface area contributed by atoms with Crippen LogP contribution in [0.3, 0.4) is 0 Å². The van der Waals surface area contributed by atoms with E-state index >= 15 is 0 Å². The van der Waals surface area contributed by atoms with E-state index in [0.717, 1.165) is 6.07 Å². The van der Waals surface area contributed by atoms with Crippen molar-refractivity contribution < 1.29 is 32.6 Å². The number of carboxylic acid groups (broad SMARTS) is 1. The van der Waals surface area contributed by atoms with E-state index in [1.54, 1.807) is 6.92 Å². The van der Waals surface area contributed by atoms with Crippen molar-refractivity contribution in [2.24, 2.45) is 0 Å². The molecule has 5 nitrogen and oxygen atoms in total. The number of ether oxygens (including phenoxy) is 1. The number of hydrogen-bond donors (Lipinski definition) is 1. The number of alkyl halides is 3. The summed E-state index contributed by atoms with van der Waals surface area (Å²) in [6, 6.07) is 6.28. The van der Waals surface area contributed by atoms with Crippen molar-refractivity contribution in [1.29, 1.82) is 0 Å². The molecule has 1 aromatic carbocycles. The lowest BCUT2D eigenvalue weighted by Crippen LogP contribution is -2.12. The number of carbonyl (C=O) groups is 2. The minimum absolute atomic E-state index is 0.0784. The van der Waals surface area contributed by atoms with E-state index in [4.69, 9.17) is 9.84 Å². The number of carbonyl (C=O) groups excluding carboxylic acids is 1. The lowest BCUT2D eigenvalue weighted by atomic mass is 10.0. The van der Waals surface area contributed by atoms with E-state index in [1.807, 2.05) is 0 Å². The number of benzene rings is 1. The van der Waals surface area contributed by atoms with Crippen LogP contribution in [0.5, 0.6) is 0 Å². The summed E-state index contributed by atoms with van der Waals surface area (Å²) in [5.41, 5.74) is -0.560. The third-order valence-electron chi connectivity index (χ3n) is 3.42. The molecule has 2 rings (SSSR count). The molecule has 134 valence electrons. The van der Waals surface area contributed by atoms with Crippen LogP contribution in [0.1, 0.15) is 18.1 Å². The van der Waals surface area contributed by atoms with Gasteiger partial charge < -0.3 is 14.4 Å². The Kier molecular flexibility index (Phi) is 5.51. The van der Waals surface area contributed by atoms with Gasteiger partial charge in [0.1, 0.15) is 6.54 Å². The van der Waals surface area contributed by atoms with Gasteiger partial charge in [-0.3, -0.25) is 9.59 Å². The van der Waals surface area contributed by atoms with Crippen LogP contribution in [0, 0.1) is 0 Å². The van der Waals surface area contributed by atoms with E-state index in [1.165, 1.54) is 35.0 Å². The van der Waals surface area contributed by atoms with E-state index in [-0.39, 0.29) is 24.3 Å². The number of carboxylic acids is 1. The highest BCUT2D eigenvalue weighted by atomic mass is 19.4. The largest absolute Gasteiger partial charge is 0.480 e. The monoisotopic (exact) mass is 355 g/mol. The quantitative estimate of drug-likeness (QED) is 0.807. The van der Waals surface area contributed by atoms with Crippen LogP contribution in [0.25, 0.3) is 11.3 Å². The summed E-state index contributed by atoms with van der Waals surface area (Å²) in [5.74, 6) is -1.74. The van der Waals surface area contributed by atoms with Gasteiger partial charge >= 0.3 is 18.1 Å². The third-order valence-corrected chi connectivity index (χ3v) is 3.42. The Morgan fingerprint density at radius 3 is 2.52 bits per heavy atom. The highest BCUT2D eigenvalue weighted by molar-refractivity contribution is 5.75. The number of aliphatic carboxylic acids is 1. The Hall–Kier alpha value is -2.77. The molecule has 0 unspecified atom stereocenters. The van der Waals surface area contributed by atoms with Gasteiger partial charge in [0, 0.05) is 17.5 Å². The highest BCUT2D eigenvalue weighted by Crippen LogP contribution is 2.37. The van der Waals surface area contributed by atoms with Gasteiger partial charge in [-0.05, 0) is 24.6 Å². The second-order valence-electron chi connectivity index (χ2n) is 5.28. The van der Waals surface area contributed by atoms with Gasteiger partial charge in [-0.15, -0.1) is 0 Å². The van der Waals surface area contributed by atoms with Crippen LogP contribution in [0.2, 0.25) is 0 Å². The first-order valence-electron chi connectivity index (χ1n) is 7.45. The fourth-order valence-corrected chi connectivity index (χ4v) is 2.50. The Balaban J connectivity index is 2.51. The zero-order chi connectivity index (χ0) is 18.6. The van der Waals surface area contributed by atoms with E-state index in [2.05, 4.69) is 0 Å². The first-order chi connectivity index (χ1) is 11.7. The summed E-state index contributed by atoms with van der Waals surface area (Å²) in [4.78, 5) is 22.6. The number of halogens is 3. The molecule has 1 heterocycles. The molecule has 0 spiro atoms. The molecular formula is C17H16F3NO4. The summed E-state index contributed by atoms with van der Waals surface area (Å²) >= 11 is 0. The number of aromatic nitrogens is 1. The molecule has 0 saturated carbocycles. The van der Waals surface area contributed by atoms with Crippen molar-refractivity contribution in [3.05, 3.63) is 47.7 Å². The Morgan fingerprint density at radius 1 is 1.24 bits per heavy atom. The van der Waals surface area contributed by atoms with Gasteiger partial charge in [0.2, 0.25) is 0 Å². The number of nitrogens with zero attached hydrogens (tertiary/aromatic N) is 1. The molecule has 0 aliphatic carbocycles. The van der Waals surface area contributed by atoms with E-state index < -0.39 is 30.2 Å². The molecule has 0 aliphatic heterocycles. The predicted molar refractivity (Wildman–Crippen MR) is 82.8 cm³/mol. The minimum atomic E-state index is -4.59. The second kappa shape index (κ2) is 7.42. The van der Waals surface area contributed by atoms with Gasteiger partial charge in [0.05, 0.1) is 18.6 Å². The molecule has 8 heteroatoms. The normalized spacial score (nSPS) is 11.4. The minimum Gasteiger partial charge on any atom is -0.480 e. The molecule has 2 aromatic rings. The molecular weight excluding hydrogens is 339 g/mol. The first kappa shape index (κ1) is 18.6. The molecule has 0 fully saturated rings. The fraction of sp³-hybridized carbons (Fsp3) is 0.294. The zero-order valence-corrected chi connectivity index (χ0v) is 13.3. The van der Waals surface area contributed by atoms with E-state index in [0.29, 0.717) is 5.56 Å². The summed E-state index contributed by atoms with van der Waals surface area (Å²) < 4.78 is 45.7. The third kappa shape index (κ3) is 4.62. The summed E-state index contributed by atoms with van der Waals surface area (Å²) in [6.45, 7) is 1.29. The van der Waals surface area contributed by atoms with Gasteiger partial charge in [0.15, 0.2) is 0 Å². The van der Waals surface area contributed by atoms with Crippen molar-refractivity contribution >= 4 is 11.9 Å². The topological polar surface area (TPSA) is 68.5 Å². The van der Waals surface area contributed by atoms with E-state index in [9.17, 15) is 22.8 Å². The van der Waals surface area contributed by atoms with Crippen LogP contribution in [0.15, 0.2) is 36.5 Å². The van der Waals surface area contributed by atoms with Crippen LogP contribution in [-0.4, -0.2) is 28.2 Å². The highest BCUT2D eigenvalue weighted by Gasteiger charge is 2.34. The van der Waals surface area contributed by atoms with Crippen molar-refractivity contribution in [2.75, 3.05) is 6.61 Å². The number of rotatable bonds is 6. The molecule has 1 aromatic heterocycles. The predicted octanol–water partition coefficient (Wildman–Crippen LogP) is 3.36. The number of hydrogen-bond acceptors (Lipinski definition) is 3. The lowest BCUT2D eigenvalue weighted by Gasteiger charge is -2.14. The van der Waals surface area contributed by atoms with Crippen LogP contribution in [-0.2, 0) is 33.5 Å². The second-order valence-corrected chi connectivity index (χ2v) is 5.28. The average molecular weight is 355 g/mol. The molecule has 0 bridgehead atoms. The van der Waals surface area contributed by atoms with Crippen molar-refractivity contribution in [3.8, 4) is 11.3 Å². The van der Waals surface area contributed by atoms with Gasteiger partial charge in [-0.1, -0.05) is 18.2 Å². The molecule has 0 radical (unpaired) electrons.